The van der Waals surface area contributed by atoms with Crippen LogP contribution in [-0.4, -0.2) is 25.2 Å². The van der Waals surface area contributed by atoms with Crippen molar-refractivity contribution in [2.75, 3.05) is 14.2 Å². The van der Waals surface area contributed by atoms with Crippen molar-refractivity contribution >= 4 is 11.5 Å². The SMILES string of the molecule is COC=C(C(=O)OC)c1ccccc1COc1cccc(C(F)F)n1. The molecule has 0 aliphatic rings. The summed E-state index contributed by atoms with van der Waals surface area (Å²) in [5.41, 5.74) is 1.07. The number of methoxy groups -OCH3 is 2. The molecule has 0 radical (unpaired) electrons. The van der Waals surface area contributed by atoms with Crippen LogP contribution < -0.4 is 4.74 Å². The number of hydrogen-bond acceptors (Lipinski definition) is 5. The summed E-state index contributed by atoms with van der Waals surface area (Å²) >= 11 is 0. The van der Waals surface area contributed by atoms with Crippen LogP contribution in [0, 0.1) is 0 Å². The van der Waals surface area contributed by atoms with Gasteiger partial charge in [0, 0.05) is 6.07 Å². The number of carbonyl (C=O) groups is 1. The highest BCUT2D eigenvalue weighted by molar-refractivity contribution is 6.16. The van der Waals surface area contributed by atoms with Crippen LogP contribution in [0.15, 0.2) is 48.7 Å². The van der Waals surface area contributed by atoms with Crippen molar-refractivity contribution < 1.29 is 27.8 Å². The number of pyridine rings is 1. The largest absolute Gasteiger partial charge is 0.503 e. The first kappa shape index (κ1) is 18.4. The minimum Gasteiger partial charge on any atom is -0.503 e. The van der Waals surface area contributed by atoms with Crippen LogP contribution >= 0.6 is 0 Å². The van der Waals surface area contributed by atoms with Gasteiger partial charge in [-0.15, -0.1) is 0 Å². The molecular formula is C18H17F2NO4. The maximum Gasteiger partial charge on any atom is 0.341 e. The smallest absolute Gasteiger partial charge is 0.341 e. The zero-order valence-corrected chi connectivity index (χ0v) is 13.7. The quantitative estimate of drug-likeness (QED) is 0.433. The van der Waals surface area contributed by atoms with E-state index in [2.05, 4.69) is 4.98 Å². The molecule has 0 fully saturated rings. The van der Waals surface area contributed by atoms with Crippen LogP contribution in [0.5, 0.6) is 5.88 Å². The fraction of sp³-hybridized carbons (Fsp3) is 0.222. The van der Waals surface area contributed by atoms with Crippen LogP contribution in [0.3, 0.4) is 0 Å². The molecule has 0 aliphatic heterocycles. The van der Waals surface area contributed by atoms with Gasteiger partial charge >= 0.3 is 5.97 Å². The number of esters is 1. The van der Waals surface area contributed by atoms with E-state index in [-0.39, 0.29) is 23.8 Å². The highest BCUT2D eigenvalue weighted by Crippen LogP contribution is 2.23. The third kappa shape index (κ3) is 4.76. The predicted molar refractivity (Wildman–Crippen MR) is 87.0 cm³/mol. The maximum absolute atomic E-state index is 12.7. The summed E-state index contributed by atoms with van der Waals surface area (Å²) in [5, 5.41) is 0. The van der Waals surface area contributed by atoms with Gasteiger partial charge in [0.1, 0.15) is 17.9 Å². The Hall–Kier alpha value is -2.96. The average molecular weight is 349 g/mol. The average Bonchev–Trinajstić information content (AvgIpc) is 2.64. The molecule has 2 rings (SSSR count). The van der Waals surface area contributed by atoms with Crippen molar-refractivity contribution in [2.45, 2.75) is 13.0 Å². The molecule has 132 valence electrons. The second kappa shape index (κ2) is 8.77. The molecule has 0 bridgehead atoms. The van der Waals surface area contributed by atoms with Gasteiger partial charge in [-0.2, -0.15) is 0 Å². The van der Waals surface area contributed by atoms with Gasteiger partial charge in [0.25, 0.3) is 6.43 Å². The molecule has 1 aromatic carbocycles. The molecule has 7 heteroatoms. The molecule has 0 aliphatic carbocycles. The molecule has 0 spiro atoms. The number of halogens is 2. The molecule has 25 heavy (non-hydrogen) atoms. The normalized spacial score (nSPS) is 11.3. The standard InChI is InChI=1S/C18H17F2NO4/c1-23-11-14(18(22)24-2)13-7-4-3-6-12(13)10-25-16-9-5-8-15(21-16)17(19)20/h3-9,11,17H,10H2,1-2H3. The Balaban J connectivity index is 2.25. The lowest BCUT2D eigenvalue weighted by Crippen LogP contribution is -2.08. The zero-order valence-electron chi connectivity index (χ0n) is 13.7. The Morgan fingerprint density at radius 1 is 1.16 bits per heavy atom. The highest BCUT2D eigenvalue weighted by atomic mass is 19.3. The number of nitrogens with zero attached hydrogens (tertiary/aromatic N) is 1. The number of aromatic nitrogens is 1. The van der Waals surface area contributed by atoms with Gasteiger partial charge in [0.05, 0.1) is 20.5 Å². The van der Waals surface area contributed by atoms with Crippen molar-refractivity contribution in [2.24, 2.45) is 0 Å². The van der Waals surface area contributed by atoms with Crippen LogP contribution in [-0.2, 0) is 20.9 Å². The lowest BCUT2D eigenvalue weighted by molar-refractivity contribution is -0.133. The zero-order chi connectivity index (χ0) is 18.2. The summed E-state index contributed by atoms with van der Waals surface area (Å²) < 4.78 is 40.6. The fourth-order valence-electron chi connectivity index (χ4n) is 2.14. The Labute approximate surface area is 143 Å². The van der Waals surface area contributed by atoms with Gasteiger partial charge < -0.3 is 14.2 Å². The summed E-state index contributed by atoms with van der Waals surface area (Å²) in [6.45, 7) is 0.0356. The van der Waals surface area contributed by atoms with Crippen molar-refractivity contribution in [3.8, 4) is 5.88 Å². The number of benzene rings is 1. The Morgan fingerprint density at radius 3 is 2.60 bits per heavy atom. The van der Waals surface area contributed by atoms with Gasteiger partial charge in [-0.1, -0.05) is 30.3 Å². The van der Waals surface area contributed by atoms with Gasteiger partial charge in [0.15, 0.2) is 0 Å². The van der Waals surface area contributed by atoms with Crippen LogP contribution in [0.2, 0.25) is 0 Å². The minimum atomic E-state index is -2.67. The van der Waals surface area contributed by atoms with Crippen LogP contribution in [0.1, 0.15) is 23.2 Å². The van der Waals surface area contributed by atoms with Gasteiger partial charge in [-0.25, -0.2) is 18.6 Å². The molecule has 0 amide bonds. The molecule has 0 N–H and O–H groups in total. The molecule has 0 atom stereocenters. The van der Waals surface area contributed by atoms with E-state index in [1.54, 1.807) is 24.3 Å². The molecule has 1 aromatic heterocycles. The number of hydrogen-bond donors (Lipinski definition) is 0. The highest BCUT2D eigenvalue weighted by Gasteiger charge is 2.17. The summed E-state index contributed by atoms with van der Waals surface area (Å²) in [5.74, 6) is -0.491. The Kier molecular flexibility index (Phi) is 6.45. The first-order valence-electron chi connectivity index (χ1n) is 7.34. The van der Waals surface area contributed by atoms with Gasteiger partial charge in [-0.05, 0) is 17.2 Å². The second-order valence-electron chi connectivity index (χ2n) is 4.91. The van der Waals surface area contributed by atoms with E-state index in [4.69, 9.17) is 14.2 Å². The first-order chi connectivity index (χ1) is 12.1. The van der Waals surface area contributed by atoms with E-state index in [1.807, 2.05) is 0 Å². The van der Waals surface area contributed by atoms with E-state index in [0.29, 0.717) is 11.1 Å². The number of ether oxygens (including phenoxy) is 3. The summed E-state index contributed by atoms with van der Waals surface area (Å²) in [6.07, 6.45) is -1.40. The number of carbonyl (C=O) groups excluding carboxylic acids is 1. The predicted octanol–water partition coefficient (Wildman–Crippen LogP) is 3.76. The van der Waals surface area contributed by atoms with E-state index < -0.39 is 12.4 Å². The molecular weight excluding hydrogens is 332 g/mol. The molecule has 0 saturated heterocycles. The second-order valence-corrected chi connectivity index (χ2v) is 4.91. The Bertz CT molecular complexity index is 762. The van der Waals surface area contributed by atoms with Crippen LogP contribution in [0.4, 0.5) is 8.78 Å². The number of alkyl halides is 2. The van der Waals surface area contributed by atoms with E-state index in [9.17, 15) is 13.6 Å². The van der Waals surface area contributed by atoms with Crippen LogP contribution in [0.25, 0.3) is 5.57 Å². The summed E-state index contributed by atoms with van der Waals surface area (Å²) in [4.78, 5) is 15.7. The van der Waals surface area contributed by atoms with E-state index in [0.717, 1.165) is 0 Å². The van der Waals surface area contributed by atoms with E-state index >= 15 is 0 Å². The lowest BCUT2D eigenvalue weighted by Gasteiger charge is -2.12. The summed E-state index contributed by atoms with van der Waals surface area (Å²) in [7, 11) is 2.69. The lowest BCUT2D eigenvalue weighted by atomic mass is 10.0. The molecule has 0 saturated carbocycles. The van der Waals surface area contributed by atoms with Crippen molar-refractivity contribution in [1.82, 2.24) is 4.98 Å². The maximum atomic E-state index is 12.7. The third-order valence-corrected chi connectivity index (χ3v) is 3.29. The fourth-order valence-corrected chi connectivity index (χ4v) is 2.14. The monoisotopic (exact) mass is 349 g/mol. The number of rotatable bonds is 7. The molecule has 1 heterocycles. The topological polar surface area (TPSA) is 57.7 Å². The minimum absolute atomic E-state index is 0.0356. The van der Waals surface area contributed by atoms with Crippen molar-refractivity contribution in [1.29, 1.82) is 0 Å². The van der Waals surface area contributed by atoms with Gasteiger partial charge in [0.2, 0.25) is 5.88 Å². The molecule has 2 aromatic rings. The van der Waals surface area contributed by atoms with E-state index in [1.165, 1.54) is 38.7 Å². The third-order valence-electron chi connectivity index (χ3n) is 3.29. The van der Waals surface area contributed by atoms with Gasteiger partial charge in [-0.3, -0.25) is 0 Å². The summed E-state index contributed by atoms with van der Waals surface area (Å²) in [6, 6.07) is 11.1. The van der Waals surface area contributed by atoms with Crippen molar-refractivity contribution in [3.63, 3.8) is 0 Å². The first-order valence-corrected chi connectivity index (χ1v) is 7.34. The molecule has 0 unspecified atom stereocenters. The van der Waals surface area contributed by atoms with Crippen molar-refractivity contribution in [3.05, 3.63) is 65.5 Å². The molecule has 5 nitrogen and oxygen atoms in total. The Morgan fingerprint density at radius 2 is 1.92 bits per heavy atom.